The molecule has 1 N–H and O–H groups in total. The zero-order valence-electron chi connectivity index (χ0n) is 11.8. The number of carbonyl (C=O) groups is 1. The molecule has 0 bridgehead atoms. The highest BCUT2D eigenvalue weighted by atomic mass is 32.2. The molecule has 0 aliphatic rings. The van der Waals surface area contributed by atoms with E-state index in [2.05, 4.69) is 0 Å². The molecule has 4 nitrogen and oxygen atoms in total. The van der Waals surface area contributed by atoms with Gasteiger partial charge in [-0.2, -0.15) is 0 Å². The van der Waals surface area contributed by atoms with Crippen molar-refractivity contribution in [3.63, 3.8) is 0 Å². The molecular formula is C16H16O4S. The summed E-state index contributed by atoms with van der Waals surface area (Å²) < 4.78 is 24.4. The topological polar surface area (TPSA) is 71.4 Å². The minimum Gasteiger partial charge on any atom is -0.478 e. The second kappa shape index (κ2) is 5.69. The van der Waals surface area contributed by atoms with Gasteiger partial charge in [-0.05, 0) is 35.7 Å². The normalized spacial score (nSPS) is 11.3. The third-order valence-corrected chi connectivity index (χ3v) is 5.27. The number of aromatic carboxylic acids is 1. The summed E-state index contributed by atoms with van der Waals surface area (Å²) in [5, 5.41) is 9.31. The maximum absolute atomic E-state index is 12.2. The number of hydrogen-bond acceptors (Lipinski definition) is 3. The first-order valence-corrected chi connectivity index (χ1v) is 8.18. The second-order valence-electron chi connectivity index (χ2n) is 4.72. The summed E-state index contributed by atoms with van der Waals surface area (Å²) in [6, 6.07) is 12.2. The first-order chi connectivity index (χ1) is 9.86. The Morgan fingerprint density at radius 3 is 2.24 bits per heavy atom. The lowest BCUT2D eigenvalue weighted by Gasteiger charge is -2.12. The first kappa shape index (κ1) is 15.3. The van der Waals surface area contributed by atoms with Gasteiger partial charge >= 0.3 is 5.97 Å². The number of carboxylic acids is 1. The van der Waals surface area contributed by atoms with Crippen LogP contribution in [0.2, 0.25) is 0 Å². The average Bonchev–Trinajstić information content (AvgIpc) is 2.48. The molecule has 2 rings (SSSR count). The van der Waals surface area contributed by atoms with Gasteiger partial charge in [0.2, 0.25) is 0 Å². The zero-order chi connectivity index (χ0) is 15.6. The summed E-state index contributed by atoms with van der Waals surface area (Å²) in [6.07, 6.45) is 0. The highest BCUT2D eigenvalue weighted by Gasteiger charge is 2.21. The Balaban J connectivity index is 2.78. The van der Waals surface area contributed by atoms with E-state index in [1.54, 1.807) is 13.0 Å². The smallest absolute Gasteiger partial charge is 0.336 e. The van der Waals surface area contributed by atoms with Crippen LogP contribution >= 0.6 is 0 Å². The fourth-order valence-electron chi connectivity index (χ4n) is 2.19. The third kappa shape index (κ3) is 2.97. The lowest BCUT2D eigenvalue weighted by atomic mass is 10.00. The van der Waals surface area contributed by atoms with Gasteiger partial charge in [-0.3, -0.25) is 0 Å². The van der Waals surface area contributed by atoms with Gasteiger partial charge in [-0.15, -0.1) is 0 Å². The highest BCUT2D eigenvalue weighted by molar-refractivity contribution is 7.91. The molecule has 0 spiro atoms. The molecule has 0 radical (unpaired) electrons. The van der Waals surface area contributed by atoms with Crippen molar-refractivity contribution in [3.05, 3.63) is 53.6 Å². The van der Waals surface area contributed by atoms with Crippen molar-refractivity contribution in [1.29, 1.82) is 0 Å². The molecule has 0 fully saturated rings. The van der Waals surface area contributed by atoms with Gasteiger partial charge in [0.05, 0.1) is 16.2 Å². The van der Waals surface area contributed by atoms with Crippen LogP contribution in [0.1, 0.15) is 22.8 Å². The van der Waals surface area contributed by atoms with Gasteiger partial charge in [-0.1, -0.05) is 37.3 Å². The molecule has 0 heterocycles. The molecule has 0 saturated heterocycles. The van der Waals surface area contributed by atoms with Gasteiger partial charge in [0, 0.05) is 0 Å². The Kier molecular flexibility index (Phi) is 4.14. The van der Waals surface area contributed by atoms with E-state index in [0.717, 1.165) is 5.56 Å². The fourth-order valence-corrected chi connectivity index (χ4v) is 3.38. The molecule has 0 aliphatic heterocycles. The molecule has 0 aliphatic carbocycles. The molecule has 2 aromatic rings. The summed E-state index contributed by atoms with van der Waals surface area (Å²) >= 11 is 0. The number of sulfone groups is 1. The van der Waals surface area contributed by atoms with Gasteiger partial charge in [0.15, 0.2) is 9.84 Å². The van der Waals surface area contributed by atoms with Crippen molar-refractivity contribution in [3.8, 4) is 11.1 Å². The summed E-state index contributed by atoms with van der Waals surface area (Å²) in [4.78, 5) is 11.5. The summed E-state index contributed by atoms with van der Waals surface area (Å²) in [7, 11) is -3.48. The van der Waals surface area contributed by atoms with Crippen LogP contribution in [-0.2, 0) is 9.84 Å². The SMILES string of the molecule is CCS(=O)(=O)c1cc(-c2ccccc2)cc(C(=O)O)c1C. The number of benzene rings is 2. The van der Waals surface area contributed by atoms with E-state index < -0.39 is 15.8 Å². The average molecular weight is 304 g/mol. The third-order valence-electron chi connectivity index (χ3n) is 3.41. The molecule has 5 heteroatoms. The Bertz CT molecular complexity index is 777. The Labute approximate surface area is 124 Å². The van der Waals surface area contributed by atoms with Crippen molar-refractivity contribution >= 4 is 15.8 Å². The minimum absolute atomic E-state index is 0.0170. The first-order valence-electron chi connectivity index (χ1n) is 6.53. The van der Waals surface area contributed by atoms with Crippen molar-refractivity contribution in [2.45, 2.75) is 18.7 Å². The molecule has 110 valence electrons. The van der Waals surface area contributed by atoms with Crippen LogP contribution in [0, 0.1) is 6.92 Å². The van der Waals surface area contributed by atoms with E-state index in [0.29, 0.717) is 5.56 Å². The lowest BCUT2D eigenvalue weighted by Crippen LogP contribution is -2.10. The monoisotopic (exact) mass is 304 g/mol. The molecule has 0 atom stereocenters. The largest absolute Gasteiger partial charge is 0.478 e. The molecule has 0 saturated carbocycles. The highest BCUT2D eigenvalue weighted by Crippen LogP contribution is 2.28. The summed E-state index contributed by atoms with van der Waals surface area (Å²) in [5.41, 5.74) is 1.67. The molecular weight excluding hydrogens is 288 g/mol. The van der Waals surface area contributed by atoms with Crippen LogP contribution in [0.5, 0.6) is 0 Å². The molecule has 2 aromatic carbocycles. The van der Waals surface area contributed by atoms with Crippen LogP contribution < -0.4 is 0 Å². The molecule has 0 aromatic heterocycles. The van der Waals surface area contributed by atoms with Crippen LogP contribution in [0.15, 0.2) is 47.4 Å². The van der Waals surface area contributed by atoms with E-state index >= 15 is 0 Å². The minimum atomic E-state index is -3.48. The van der Waals surface area contributed by atoms with Crippen molar-refractivity contribution in [1.82, 2.24) is 0 Å². The number of rotatable bonds is 4. The predicted molar refractivity (Wildman–Crippen MR) is 81.3 cm³/mol. The lowest BCUT2D eigenvalue weighted by molar-refractivity contribution is 0.0696. The van der Waals surface area contributed by atoms with E-state index in [9.17, 15) is 18.3 Å². The zero-order valence-corrected chi connectivity index (χ0v) is 12.6. The number of carboxylic acid groups (broad SMARTS) is 1. The molecule has 0 amide bonds. The van der Waals surface area contributed by atoms with Gasteiger partial charge in [-0.25, -0.2) is 13.2 Å². The Morgan fingerprint density at radius 1 is 1.10 bits per heavy atom. The van der Waals surface area contributed by atoms with Crippen LogP contribution in [0.25, 0.3) is 11.1 Å². The molecule has 21 heavy (non-hydrogen) atoms. The van der Waals surface area contributed by atoms with E-state index in [-0.39, 0.29) is 21.8 Å². The van der Waals surface area contributed by atoms with Crippen molar-refractivity contribution in [2.75, 3.05) is 5.75 Å². The summed E-state index contributed by atoms with van der Waals surface area (Å²) in [6.45, 7) is 3.07. The van der Waals surface area contributed by atoms with Crippen molar-refractivity contribution < 1.29 is 18.3 Å². The maximum atomic E-state index is 12.2. The number of hydrogen-bond donors (Lipinski definition) is 1. The van der Waals surface area contributed by atoms with Gasteiger partial charge in [0.25, 0.3) is 0 Å². The fraction of sp³-hybridized carbons (Fsp3) is 0.188. The van der Waals surface area contributed by atoms with E-state index in [1.807, 2.05) is 30.3 Å². The molecule has 0 unspecified atom stereocenters. The maximum Gasteiger partial charge on any atom is 0.336 e. The second-order valence-corrected chi connectivity index (χ2v) is 6.97. The Hall–Kier alpha value is -2.14. The van der Waals surface area contributed by atoms with Crippen molar-refractivity contribution in [2.24, 2.45) is 0 Å². The standard InChI is InChI=1S/C16H16O4S/c1-3-21(19,20)15-10-13(12-7-5-4-6-8-12)9-14(11(15)2)16(17)18/h4-10H,3H2,1-2H3,(H,17,18). The van der Waals surface area contributed by atoms with Crippen LogP contribution in [0.4, 0.5) is 0 Å². The quantitative estimate of drug-likeness (QED) is 0.942. The Morgan fingerprint density at radius 2 is 1.71 bits per heavy atom. The van der Waals surface area contributed by atoms with Crippen LogP contribution in [-0.4, -0.2) is 25.2 Å². The van der Waals surface area contributed by atoms with Crippen LogP contribution in [0.3, 0.4) is 0 Å². The van der Waals surface area contributed by atoms with Gasteiger partial charge in [0.1, 0.15) is 0 Å². The van der Waals surface area contributed by atoms with E-state index in [4.69, 9.17) is 0 Å². The summed E-state index contributed by atoms with van der Waals surface area (Å²) in [5.74, 6) is -1.19. The van der Waals surface area contributed by atoms with Gasteiger partial charge < -0.3 is 5.11 Å². The predicted octanol–water partition coefficient (Wildman–Crippen LogP) is 3.15. The van der Waals surface area contributed by atoms with E-state index in [1.165, 1.54) is 13.0 Å².